The molecule has 1 saturated heterocycles. The number of halogens is 3. The zero-order chi connectivity index (χ0) is 23.3. The number of amides is 3. The van der Waals surface area contributed by atoms with Gasteiger partial charge in [0.25, 0.3) is 5.91 Å². The normalized spacial score (nSPS) is 17.9. The van der Waals surface area contributed by atoms with Crippen molar-refractivity contribution in [3.8, 4) is 17.0 Å². The Balaban J connectivity index is 1.57. The summed E-state index contributed by atoms with van der Waals surface area (Å²) in [7, 11) is 0. The molecule has 1 aliphatic rings. The number of hydrogen-bond donors (Lipinski definition) is 3. The van der Waals surface area contributed by atoms with E-state index in [0.29, 0.717) is 16.5 Å². The van der Waals surface area contributed by atoms with Crippen LogP contribution in [0.3, 0.4) is 0 Å². The standard InChI is InChI=1S/C24H16F3N3O3/c25-16-6-3-14-11-30(21(31)19(14)9-16)12-24(22(32)28-23(33)29-24)15-4-1-13(2-5-15)18-8-7-17(26)10-20(18)27/h1-11,31H,12H2,(H2,28,29,32,33)/t24-/m0/s1. The van der Waals surface area contributed by atoms with E-state index in [0.717, 1.165) is 12.1 Å². The first kappa shape index (κ1) is 20.6. The minimum absolute atomic E-state index is 0.174. The van der Waals surface area contributed by atoms with Crippen LogP contribution in [0.5, 0.6) is 5.88 Å². The van der Waals surface area contributed by atoms with Gasteiger partial charge in [0.15, 0.2) is 11.4 Å². The number of aromatic hydroxyl groups is 1. The van der Waals surface area contributed by atoms with E-state index in [4.69, 9.17) is 0 Å². The quantitative estimate of drug-likeness (QED) is 0.408. The Morgan fingerprint density at radius 3 is 2.27 bits per heavy atom. The molecule has 33 heavy (non-hydrogen) atoms. The number of nitrogens with one attached hydrogen (secondary N) is 2. The maximum absolute atomic E-state index is 14.2. The smallest absolute Gasteiger partial charge is 0.322 e. The molecule has 1 aliphatic heterocycles. The van der Waals surface area contributed by atoms with Crippen LogP contribution in [-0.2, 0) is 16.9 Å². The highest BCUT2D eigenvalue weighted by Gasteiger charge is 2.48. The topological polar surface area (TPSA) is 83.4 Å². The maximum atomic E-state index is 14.2. The van der Waals surface area contributed by atoms with E-state index in [-0.39, 0.29) is 23.4 Å². The zero-order valence-corrected chi connectivity index (χ0v) is 16.9. The number of fused-ring (bicyclic) bond motifs is 1. The van der Waals surface area contributed by atoms with Crippen molar-refractivity contribution >= 4 is 22.7 Å². The molecule has 166 valence electrons. The second-order valence-electron chi connectivity index (χ2n) is 7.83. The molecule has 1 aromatic heterocycles. The van der Waals surface area contributed by atoms with E-state index in [1.807, 2.05) is 0 Å². The molecule has 9 heteroatoms. The third-order valence-electron chi connectivity index (χ3n) is 5.79. The Morgan fingerprint density at radius 1 is 0.909 bits per heavy atom. The molecule has 0 spiro atoms. The van der Waals surface area contributed by atoms with Gasteiger partial charge in [0.1, 0.15) is 17.5 Å². The third-order valence-corrected chi connectivity index (χ3v) is 5.79. The molecule has 2 heterocycles. The van der Waals surface area contributed by atoms with Crippen LogP contribution in [0.2, 0.25) is 0 Å². The lowest BCUT2D eigenvalue weighted by Crippen LogP contribution is -2.47. The van der Waals surface area contributed by atoms with Gasteiger partial charge in [-0.25, -0.2) is 18.0 Å². The highest BCUT2D eigenvalue weighted by atomic mass is 19.1. The van der Waals surface area contributed by atoms with Crippen LogP contribution in [0, 0.1) is 17.5 Å². The molecule has 0 saturated carbocycles. The second-order valence-corrected chi connectivity index (χ2v) is 7.83. The molecule has 5 rings (SSSR count). The lowest BCUT2D eigenvalue weighted by molar-refractivity contribution is -0.124. The van der Waals surface area contributed by atoms with Crippen LogP contribution < -0.4 is 10.6 Å². The summed E-state index contributed by atoms with van der Waals surface area (Å²) in [5.74, 6) is -2.86. The van der Waals surface area contributed by atoms with Crippen LogP contribution in [0.15, 0.2) is 66.9 Å². The number of carbonyl (C=O) groups is 2. The minimum Gasteiger partial charge on any atom is -0.494 e. The van der Waals surface area contributed by atoms with E-state index < -0.39 is 34.9 Å². The summed E-state index contributed by atoms with van der Waals surface area (Å²) in [5.41, 5.74) is -0.586. The van der Waals surface area contributed by atoms with Crippen molar-refractivity contribution < 1.29 is 27.9 Å². The Bertz CT molecular complexity index is 1430. The number of imide groups is 1. The molecular formula is C24H16F3N3O3. The molecule has 4 aromatic rings. The summed E-state index contributed by atoms with van der Waals surface area (Å²) in [4.78, 5) is 24.9. The van der Waals surface area contributed by atoms with Crippen molar-refractivity contribution in [3.05, 3.63) is 89.9 Å². The van der Waals surface area contributed by atoms with Crippen LogP contribution in [-0.4, -0.2) is 21.6 Å². The number of rotatable bonds is 4. The van der Waals surface area contributed by atoms with Gasteiger partial charge in [-0.15, -0.1) is 0 Å². The molecule has 6 nitrogen and oxygen atoms in total. The van der Waals surface area contributed by atoms with Crippen molar-refractivity contribution in [2.75, 3.05) is 0 Å². The number of carbonyl (C=O) groups excluding carboxylic acids is 2. The van der Waals surface area contributed by atoms with Crippen molar-refractivity contribution in [1.82, 2.24) is 15.2 Å². The zero-order valence-electron chi connectivity index (χ0n) is 16.9. The molecule has 0 aliphatic carbocycles. The van der Waals surface area contributed by atoms with Crippen molar-refractivity contribution in [3.63, 3.8) is 0 Å². The summed E-state index contributed by atoms with van der Waals surface area (Å²) >= 11 is 0. The van der Waals surface area contributed by atoms with Gasteiger partial charge in [-0.2, -0.15) is 0 Å². The predicted octanol–water partition coefficient (Wildman–Crippen LogP) is 4.17. The summed E-state index contributed by atoms with van der Waals surface area (Å²) in [6.45, 7) is -0.184. The molecule has 1 atom stereocenters. The Kier molecular flexibility index (Phi) is 4.63. The average Bonchev–Trinajstić information content (AvgIpc) is 3.24. The molecule has 0 bridgehead atoms. The number of benzene rings is 3. The van der Waals surface area contributed by atoms with E-state index in [1.54, 1.807) is 30.5 Å². The number of hydrogen-bond acceptors (Lipinski definition) is 3. The van der Waals surface area contributed by atoms with Gasteiger partial charge in [-0.05, 0) is 41.5 Å². The fourth-order valence-electron chi connectivity index (χ4n) is 4.15. The molecule has 0 radical (unpaired) electrons. The third kappa shape index (κ3) is 3.38. The fraction of sp³-hybridized carbons (Fsp3) is 0.0833. The van der Waals surface area contributed by atoms with Crippen LogP contribution in [0.25, 0.3) is 21.9 Å². The van der Waals surface area contributed by atoms with Crippen molar-refractivity contribution in [2.24, 2.45) is 0 Å². The van der Waals surface area contributed by atoms with Crippen LogP contribution >= 0.6 is 0 Å². The largest absolute Gasteiger partial charge is 0.494 e. The molecule has 3 amide bonds. The SMILES string of the molecule is O=C1NC(=O)[C@](Cn2cc3ccc(F)cc3c2O)(c2ccc(-c3ccc(F)cc3F)cc2)N1. The number of nitrogens with zero attached hydrogens (tertiary/aromatic N) is 1. The first-order chi connectivity index (χ1) is 15.8. The van der Waals surface area contributed by atoms with Gasteiger partial charge in [-0.3, -0.25) is 10.1 Å². The van der Waals surface area contributed by atoms with Gasteiger partial charge in [0, 0.05) is 28.6 Å². The number of aromatic nitrogens is 1. The first-order valence-electron chi connectivity index (χ1n) is 9.94. The van der Waals surface area contributed by atoms with Gasteiger partial charge >= 0.3 is 6.03 Å². The minimum atomic E-state index is -1.58. The lowest BCUT2D eigenvalue weighted by atomic mass is 9.88. The monoisotopic (exact) mass is 451 g/mol. The molecule has 3 N–H and O–H groups in total. The Labute approximate surface area is 185 Å². The fourth-order valence-corrected chi connectivity index (χ4v) is 4.15. The first-order valence-corrected chi connectivity index (χ1v) is 9.94. The van der Waals surface area contributed by atoms with E-state index in [2.05, 4.69) is 10.6 Å². The second kappa shape index (κ2) is 7.40. The molecular weight excluding hydrogens is 435 g/mol. The van der Waals surface area contributed by atoms with Crippen LogP contribution in [0.4, 0.5) is 18.0 Å². The van der Waals surface area contributed by atoms with Crippen LogP contribution in [0.1, 0.15) is 5.56 Å². The maximum Gasteiger partial charge on any atom is 0.322 e. The van der Waals surface area contributed by atoms with Crippen molar-refractivity contribution in [1.29, 1.82) is 0 Å². The van der Waals surface area contributed by atoms with E-state index in [1.165, 1.54) is 28.8 Å². The predicted molar refractivity (Wildman–Crippen MR) is 114 cm³/mol. The lowest BCUT2D eigenvalue weighted by Gasteiger charge is -2.27. The summed E-state index contributed by atoms with van der Waals surface area (Å²) in [6.07, 6.45) is 1.55. The average molecular weight is 451 g/mol. The van der Waals surface area contributed by atoms with Crippen molar-refractivity contribution in [2.45, 2.75) is 12.1 Å². The molecule has 0 unspecified atom stereocenters. The molecule has 3 aromatic carbocycles. The Morgan fingerprint density at radius 2 is 1.61 bits per heavy atom. The number of urea groups is 1. The van der Waals surface area contributed by atoms with Gasteiger partial charge in [0.05, 0.1) is 6.54 Å². The molecule has 1 fully saturated rings. The highest BCUT2D eigenvalue weighted by molar-refractivity contribution is 6.07. The summed E-state index contributed by atoms with van der Waals surface area (Å²) in [5, 5.41) is 16.2. The highest BCUT2D eigenvalue weighted by Crippen LogP contribution is 2.34. The van der Waals surface area contributed by atoms with E-state index >= 15 is 0 Å². The van der Waals surface area contributed by atoms with E-state index in [9.17, 15) is 27.9 Å². The van der Waals surface area contributed by atoms with Gasteiger partial charge < -0.3 is 15.0 Å². The van der Waals surface area contributed by atoms with Gasteiger partial charge in [-0.1, -0.05) is 24.3 Å². The summed E-state index contributed by atoms with van der Waals surface area (Å²) < 4.78 is 42.4. The van der Waals surface area contributed by atoms with Gasteiger partial charge in [0.2, 0.25) is 0 Å². The summed E-state index contributed by atoms with van der Waals surface area (Å²) in [6, 6.07) is 12.6. The Hall–Kier alpha value is -4.27.